The monoisotopic (exact) mass is 967 g/mol. The maximum absolute atomic E-state index is 12.8. The van der Waals surface area contributed by atoms with Crippen molar-refractivity contribution >= 4 is 25.7 Å². The average Bonchev–Trinajstić information content (AvgIpc) is 3.32. The summed E-state index contributed by atoms with van der Waals surface area (Å²) in [5.74, 6) is -1.71. The maximum atomic E-state index is 12.8. The van der Waals surface area contributed by atoms with E-state index >= 15 is 0 Å². The van der Waals surface area contributed by atoms with Crippen LogP contribution in [0, 0.1) is 0 Å². The molecule has 3 atom stereocenters. The normalized spacial score (nSPS) is 14.6. The largest absolute Gasteiger partial charge is 0.472 e. The highest BCUT2D eigenvalue weighted by Crippen LogP contribution is 2.43. The number of allylic oxidation sites excluding steroid dienone is 21. The molecule has 68 heavy (non-hydrogen) atoms. The molecule has 0 amide bonds. The number of carbonyl (C=O) groups is 3. The second kappa shape index (κ2) is 49.1. The minimum atomic E-state index is -4.78. The quantitative estimate of drug-likeness (QED) is 0.0197. The summed E-state index contributed by atoms with van der Waals surface area (Å²) in [6, 6.07) is 0. The fourth-order valence-corrected chi connectivity index (χ4v) is 6.65. The number of esters is 3. The van der Waals surface area contributed by atoms with Gasteiger partial charge in [0.05, 0.1) is 26.2 Å². The number of phosphoric ester groups is 1. The molecule has 382 valence electrons. The van der Waals surface area contributed by atoms with Crippen LogP contribution in [0.3, 0.4) is 0 Å². The minimum Gasteiger partial charge on any atom is -0.461 e. The standard InChI is InChI=1S/C56H87O11P/c1-4-7-10-13-16-19-22-25-26-29-30-33-36-39-42-45-54(58)63-49-53(67-56(60)47-44-41-38-35-32-28-24-21-18-15-12-9-6-3)51-65-68(61,62)64-50-52(48-57)66-55(59)46-43-40-37-34-31-27-23-20-17-14-11-8-5-2/h7-12,16-21,25-28,30-33,39,42,52-53,57H,4-6,13-15,22-24,29,34-38,40-41,43-51H2,1-3H3,(H,61,62)/b10-7-,11-8-,12-9-,19-16-,20-17-,21-18-,26-25-,31-27-,32-28-,33-30-,42-39-. The highest BCUT2D eigenvalue weighted by Gasteiger charge is 2.28. The molecular formula is C56H87O11P. The number of hydrogen-bond donors (Lipinski definition) is 2. The van der Waals surface area contributed by atoms with E-state index in [0.717, 1.165) is 103 Å². The van der Waals surface area contributed by atoms with Gasteiger partial charge >= 0.3 is 25.7 Å². The predicted octanol–water partition coefficient (Wildman–Crippen LogP) is 14.2. The van der Waals surface area contributed by atoms with Gasteiger partial charge in [-0.25, -0.2) is 4.57 Å². The maximum Gasteiger partial charge on any atom is 0.472 e. The fourth-order valence-electron chi connectivity index (χ4n) is 5.87. The third kappa shape index (κ3) is 46.7. The minimum absolute atomic E-state index is 0.0217. The number of hydrogen-bond acceptors (Lipinski definition) is 10. The van der Waals surface area contributed by atoms with Crippen molar-refractivity contribution in [2.45, 2.75) is 174 Å². The first-order valence-corrected chi connectivity index (χ1v) is 26.6. The van der Waals surface area contributed by atoms with Crippen molar-refractivity contribution in [1.29, 1.82) is 0 Å². The lowest BCUT2D eigenvalue weighted by atomic mass is 10.1. The second-order valence-electron chi connectivity index (χ2n) is 15.8. The van der Waals surface area contributed by atoms with Crippen molar-refractivity contribution in [1.82, 2.24) is 0 Å². The lowest BCUT2D eigenvalue weighted by molar-refractivity contribution is -0.161. The van der Waals surface area contributed by atoms with Gasteiger partial charge in [-0.1, -0.05) is 167 Å². The number of phosphoric acid groups is 1. The van der Waals surface area contributed by atoms with E-state index < -0.39 is 64.4 Å². The van der Waals surface area contributed by atoms with E-state index in [9.17, 15) is 28.9 Å². The van der Waals surface area contributed by atoms with Crippen molar-refractivity contribution in [3.63, 3.8) is 0 Å². The number of aliphatic hydroxyl groups is 1. The molecule has 0 saturated carbocycles. The van der Waals surface area contributed by atoms with Crippen LogP contribution in [-0.4, -0.2) is 66.5 Å². The van der Waals surface area contributed by atoms with E-state index in [1.54, 1.807) is 6.08 Å². The molecule has 0 fully saturated rings. The summed E-state index contributed by atoms with van der Waals surface area (Å²) in [7, 11) is -4.78. The van der Waals surface area contributed by atoms with Gasteiger partial charge in [0.1, 0.15) is 12.7 Å². The van der Waals surface area contributed by atoms with E-state index in [4.69, 9.17) is 23.3 Å². The number of unbranched alkanes of at least 4 members (excludes halogenated alkanes) is 6. The molecule has 0 saturated heterocycles. The summed E-state index contributed by atoms with van der Waals surface area (Å²) in [5, 5.41) is 9.76. The van der Waals surface area contributed by atoms with Gasteiger partial charge in [-0.2, -0.15) is 0 Å². The lowest BCUT2D eigenvalue weighted by Crippen LogP contribution is -2.30. The zero-order valence-corrected chi connectivity index (χ0v) is 42.7. The smallest absolute Gasteiger partial charge is 0.461 e. The number of carbonyl (C=O) groups excluding carboxylic acids is 3. The molecule has 12 heteroatoms. The molecule has 2 N–H and O–H groups in total. The first kappa shape index (κ1) is 63.6. The van der Waals surface area contributed by atoms with Gasteiger partial charge in [0.15, 0.2) is 6.10 Å². The van der Waals surface area contributed by atoms with Crippen molar-refractivity contribution < 1.29 is 52.2 Å². The summed E-state index contributed by atoms with van der Waals surface area (Å²) < 4.78 is 39.1. The van der Waals surface area contributed by atoms with Crippen LogP contribution in [0.4, 0.5) is 0 Å². The van der Waals surface area contributed by atoms with Gasteiger partial charge in [0, 0.05) is 12.8 Å². The van der Waals surface area contributed by atoms with Gasteiger partial charge in [-0.15, -0.1) is 0 Å². The Hall–Kier alpha value is -4.38. The Morgan fingerprint density at radius 1 is 0.426 bits per heavy atom. The molecule has 0 heterocycles. The van der Waals surface area contributed by atoms with Crippen LogP contribution < -0.4 is 0 Å². The molecule has 0 aromatic heterocycles. The average molecular weight is 967 g/mol. The van der Waals surface area contributed by atoms with Gasteiger partial charge in [0.25, 0.3) is 0 Å². The molecule has 11 nitrogen and oxygen atoms in total. The van der Waals surface area contributed by atoms with Crippen molar-refractivity contribution in [2.75, 3.05) is 26.4 Å². The lowest BCUT2D eigenvalue weighted by Gasteiger charge is -2.21. The van der Waals surface area contributed by atoms with Crippen LogP contribution in [0.5, 0.6) is 0 Å². The molecule has 0 aliphatic heterocycles. The molecule has 0 bridgehead atoms. The molecule has 0 aromatic rings. The highest BCUT2D eigenvalue weighted by atomic mass is 31.2. The zero-order valence-electron chi connectivity index (χ0n) is 41.8. The van der Waals surface area contributed by atoms with Crippen LogP contribution in [0.2, 0.25) is 0 Å². The molecule has 0 aliphatic rings. The fraction of sp³-hybridized carbons (Fsp3) is 0.554. The zero-order chi connectivity index (χ0) is 49.9. The summed E-state index contributed by atoms with van der Waals surface area (Å²) in [6.07, 6.45) is 60.3. The summed E-state index contributed by atoms with van der Waals surface area (Å²) in [4.78, 5) is 48.2. The molecule has 0 spiro atoms. The Kier molecular flexibility index (Phi) is 45.9. The summed E-state index contributed by atoms with van der Waals surface area (Å²) in [5.41, 5.74) is 0. The van der Waals surface area contributed by atoms with Gasteiger partial charge < -0.3 is 24.2 Å². The van der Waals surface area contributed by atoms with Crippen LogP contribution in [0.25, 0.3) is 0 Å². The van der Waals surface area contributed by atoms with E-state index in [-0.39, 0.29) is 19.3 Å². The number of rotatable bonds is 44. The Morgan fingerprint density at radius 2 is 0.765 bits per heavy atom. The Morgan fingerprint density at radius 3 is 1.15 bits per heavy atom. The first-order chi connectivity index (χ1) is 33.2. The predicted molar refractivity (Wildman–Crippen MR) is 279 cm³/mol. The van der Waals surface area contributed by atoms with Crippen LogP contribution in [-0.2, 0) is 42.2 Å². The Bertz CT molecular complexity index is 1650. The van der Waals surface area contributed by atoms with E-state index in [0.29, 0.717) is 19.3 Å². The number of ether oxygens (including phenoxy) is 3. The summed E-state index contributed by atoms with van der Waals surface area (Å²) >= 11 is 0. The molecule has 0 rings (SSSR count). The van der Waals surface area contributed by atoms with Gasteiger partial charge in [0.2, 0.25) is 0 Å². The van der Waals surface area contributed by atoms with Gasteiger partial charge in [-0.05, 0) is 109 Å². The molecule has 3 unspecified atom stereocenters. The third-order valence-electron chi connectivity index (χ3n) is 9.58. The van der Waals surface area contributed by atoms with Crippen LogP contribution in [0.1, 0.15) is 162 Å². The van der Waals surface area contributed by atoms with E-state index in [1.807, 2.05) is 12.2 Å². The Balaban J connectivity index is 4.95. The van der Waals surface area contributed by atoms with Crippen LogP contribution in [0.15, 0.2) is 134 Å². The molecule has 0 aromatic carbocycles. The SMILES string of the molecule is CC/C=C\C/C=C\C/C=C\C/C=C\C/C=C\CC(=O)OCC(COP(=O)(O)OCC(CO)OC(=O)CCCCC/C=C\C/C=C\C/C=C\CC)OC(=O)CCCCC/C=C\C/C=C\C/C=C\CC. The molecule has 0 radical (unpaired) electrons. The van der Waals surface area contributed by atoms with Gasteiger partial charge in [-0.3, -0.25) is 23.4 Å². The van der Waals surface area contributed by atoms with Crippen LogP contribution >= 0.6 is 7.82 Å². The van der Waals surface area contributed by atoms with Crippen molar-refractivity contribution in [3.05, 3.63) is 134 Å². The second-order valence-corrected chi connectivity index (χ2v) is 17.3. The molecular weight excluding hydrogens is 880 g/mol. The van der Waals surface area contributed by atoms with E-state index in [2.05, 4.69) is 136 Å². The molecule has 0 aliphatic carbocycles. The Labute approximate surface area is 410 Å². The van der Waals surface area contributed by atoms with Crippen molar-refractivity contribution in [3.8, 4) is 0 Å². The number of aliphatic hydroxyl groups excluding tert-OH is 1. The highest BCUT2D eigenvalue weighted by molar-refractivity contribution is 7.47. The topological polar surface area (TPSA) is 155 Å². The summed E-state index contributed by atoms with van der Waals surface area (Å²) in [6.45, 7) is 4.06. The first-order valence-electron chi connectivity index (χ1n) is 25.1. The van der Waals surface area contributed by atoms with E-state index in [1.165, 1.54) is 0 Å². The van der Waals surface area contributed by atoms with Crippen molar-refractivity contribution in [2.24, 2.45) is 0 Å². The third-order valence-corrected chi connectivity index (χ3v) is 10.5.